The quantitative estimate of drug-likeness (QED) is 0.727. The van der Waals surface area contributed by atoms with Crippen molar-refractivity contribution >= 4 is 11.3 Å². The molecule has 0 unspecified atom stereocenters. The Kier molecular flexibility index (Phi) is 2.96. The summed E-state index contributed by atoms with van der Waals surface area (Å²) in [4.78, 5) is 0. The predicted octanol–water partition coefficient (Wildman–Crippen LogP) is 4.48. The van der Waals surface area contributed by atoms with Gasteiger partial charge in [-0.2, -0.15) is 0 Å². The molecule has 0 fully saturated rings. The molecule has 0 saturated carbocycles. The van der Waals surface area contributed by atoms with E-state index in [-0.39, 0.29) is 5.92 Å². The van der Waals surface area contributed by atoms with Crippen LogP contribution in [-0.4, -0.2) is 7.11 Å². The van der Waals surface area contributed by atoms with Crippen LogP contribution in [0.4, 0.5) is 0 Å². The molecule has 0 spiro atoms. The van der Waals surface area contributed by atoms with E-state index in [2.05, 4.69) is 49.0 Å². The first-order valence-electron chi connectivity index (χ1n) is 6.42. The number of hydrogen-bond donors (Lipinski definition) is 0. The lowest BCUT2D eigenvalue weighted by Gasteiger charge is -2.12. The second kappa shape index (κ2) is 4.77. The summed E-state index contributed by atoms with van der Waals surface area (Å²) in [7, 11) is 1.74. The van der Waals surface area contributed by atoms with Gasteiger partial charge in [-0.25, -0.2) is 0 Å². The topological polar surface area (TPSA) is 9.23 Å². The highest BCUT2D eigenvalue weighted by atomic mass is 16.5. The van der Waals surface area contributed by atoms with Crippen LogP contribution in [0.2, 0.25) is 0 Å². The van der Waals surface area contributed by atoms with Crippen molar-refractivity contribution in [3.05, 3.63) is 83.9 Å². The van der Waals surface area contributed by atoms with Gasteiger partial charge in [0.25, 0.3) is 0 Å². The van der Waals surface area contributed by atoms with Crippen LogP contribution in [0.1, 0.15) is 22.6 Å². The predicted molar refractivity (Wildman–Crippen MR) is 79.6 cm³/mol. The minimum atomic E-state index is 0.202. The molecule has 1 atom stereocenters. The maximum absolute atomic E-state index is 5.67. The first-order valence-corrected chi connectivity index (χ1v) is 6.42. The third kappa shape index (κ3) is 1.78. The normalized spacial score (nSPS) is 17.2. The number of hydrogen-bond acceptors (Lipinski definition) is 1. The van der Waals surface area contributed by atoms with Gasteiger partial charge in [0.1, 0.15) is 5.76 Å². The molecule has 0 aromatic heterocycles. The summed E-state index contributed by atoms with van der Waals surface area (Å²) in [6.07, 6.45) is 1.99. The van der Waals surface area contributed by atoms with E-state index in [1.165, 1.54) is 22.3 Å². The Morgan fingerprint density at radius 2 is 1.68 bits per heavy atom. The van der Waals surface area contributed by atoms with Gasteiger partial charge in [-0.05, 0) is 11.1 Å². The Balaban J connectivity index is 2.25. The molecule has 3 rings (SSSR count). The van der Waals surface area contributed by atoms with Crippen molar-refractivity contribution in [3.63, 3.8) is 0 Å². The zero-order valence-corrected chi connectivity index (χ0v) is 11.0. The number of benzene rings is 2. The van der Waals surface area contributed by atoms with Gasteiger partial charge in [-0.15, -0.1) is 6.58 Å². The van der Waals surface area contributed by atoms with Crippen LogP contribution in [0.3, 0.4) is 0 Å². The second-order valence-electron chi connectivity index (χ2n) is 4.61. The second-order valence-corrected chi connectivity index (χ2v) is 4.61. The fourth-order valence-corrected chi connectivity index (χ4v) is 2.81. The van der Waals surface area contributed by atoms with Crippen LogP contribution in [-0.2, 0) is 4.74 Å². The molecule has 0 heterocycles. The highest BCUT2D eigenvalue weighted by Gasteiger charge is 2.30. The van der Waals surface area contributed by atoms with E-state index in [9.17, 15) is 0 Å². The molecule has 1 aliphatic carbocycles. The molecule has 0 saturated heterocycles. The van der Waals surface area contributed by atoms with Gasteiger partial charge in [0.15, 0.2) is 0 Å². The highest BCUT2D eigenvalue weighted by Crippen LogP contribution is 2.47. The van der Waals surface area contributed by atoms with Gasteiger partial charge in [0, 0.05) is 17.1 Å². The molecule has 2 aromatic carbocycles. The summed E-state index contributed by atoms with van der Waals surface area (Å²) >= 11 is 0. The van der Waals surface area contributed by atoms with Crippen LogP contribution in [0, 0.1) is 0 Å². The van der Waals surface area contributed by atoms with E-state index in [4.69, 9.17) is 4.74 Å². The molecular formula is C18H16O. The lowest BCUT2D eigenvalue weighted by molar-refractivity contribution is 0.372. The minimum Gasteiger partial charge on any atom is -0.496 e. The molecule has 0 aliphatic heterocycles. The lowest BCUT2D eigenvalue weighted by atomic mass is 9.91. The van der Waals surface area contributed by atoms with E-state index in [0.717, 1.165) is 5.76 Å². The van der Waals surface area contributed by atoms with Gasteiger partial charge in [0.05, 0.1) is 7.11 Å². The fourth-order valence-electron chi connectivity index (χ4n) is 2.81. The monoisotopic (exact) mass is 248 g/mol. The van der Waals surface area contributed by atoms with Crippen LogP contribution in [0.5, 0.6) is 0 Å². The third-order valence-electron chi connectivity index (χ3n) is 3.62. The molecule has 1 heteroatoms. The van der Waals surface area contributed by atoms with Crippen molar-refractivity contribution in [3.8, 4) is 0 Å². The Morgan fingerprint density at radius 1 is 1.00 bits per heavy atom. The van der Waals surface area contributed by atoms with E-state index < -0.39 is 0 Å². The first kappa shape index (κ1) is 11.8. The maximum atomic E-state index is 5.67. The number of rotatable bonds is 3. The number of fused-ring (bicyclic) bond motifs is 1. The van der Waals surface area contributed by atoms with Gasteiger partial charge in [0.2, 0.25) is 0 Å². The Bertz CT molecular complexity index is 638. The largest absolute Gasteiger partial charge is 0.496 e. The molecule has 0 N–H and O–H groups in total. The molecule has 94 valence electrons. The van der Waals surface area contributed by atoms with E-state index >= 15 is 0 Å². The Labute approximate surface area is 113 Å². The van der Waals surface area contributed by atoms with Crippen molar-refractivity contribution < 1.29 is 4.74 Å². The summed E-state index contributed by atoms with van der Waals surface area (Å²) in [5.41, 5.74) is 4.85. The number of ether oxygens (including phenoxy) is 1. The average Bonchev–Trinajstić information content (AvgIpc) is 2.81. The van der Waals surface area contributed by atoms with E-state index in [1.807, 2.05) is 18.2 Å². The summed E-state index contributed by atoms with van der Waals surface area (Å²) in [6, 6.07) is 18.8. The Hall–Kier alpha value is -2.28. The van der Waals surface area contributed by atoms with Crippen molar-refractivity contribution in [2.75, 3.05) is 7.11 Å². The zero-order valence-electron chi connectivity index (χ0n) is 11.0. The smallest absolute Gasteiger partial charge is 0.131 e. The third-order valence-corrected chi connectivity index (χ3v) is 3.62. The van der Waals surface area contributed by atoms with Crippen LogP contribution in [0.25, 0.3) is 11.3 Å². The van der Waals surface area contributed by atoms with Crippen molar-refractivity contribution in [2.24, 2.45) is 0 Å². The van der Waals surface area contributed by atoms with E-state index in [0.29, 0.717) is 0 Å². The molecule has 1 aliphatic rings. The Morgan fingerprint density at radius 3 is 2.37 bits per heavy atom. The summed E-state index contributed by atoms with van der Waals surface area (Å²) in [6.45, 7) is 4.00. The summed E-state index contributed by atoms with van der Waals surface area (Å²) in [5, 5.41) is 0. The number of methoxy groups -OCH3 is 1. The molecule has 0 bridgehead atoms. The van der Waals surface area contributed by atoms with Crippen LogP contribution >= 0.6 is 0 Å². The summed E-state index contributed by atoms with van der Waals surface area (Å²) < 4.78 is 5.67. The van der Waals surface area contributed by atoms with Crippen molar-refractivity contribution in [2.45, 2.75) is 5.92 Å². The summed E-state index contributed by atoms with van der Waals surface area (Å²) in [5.74, 6) is 1.17. The van der Waals surface area contributed by atoms with E-state index in [1.54, 1.807) is 7.11 Å². The molecule has 2 aromatic rings. The maximum Gasteiger partial charge on any atom is 0.131 e. The van der Waals surface area contributed by atoms with Gasteiger partial charge in [-0.1, -0.05) is 60.7 Å². The highest BCUT2D eigenvalue weighted by molar-refractivity contribution is 5.97. The van der Waals surface area contributed by atoms with Gasteiger partial charge < -0.3 is 4.74 Å². The SMILES string of the molecule is C=C[C@@H]1C(c2ccccc2)=C(OC)c2ccccc21. The standard InChI is InChI=1S/C18H16O/c1-3-14-15-11-7-8-12-16(15)18(19-2)17(14)13-9-5-4-6-10-13/h3-12,14H,1H2,2H3/t14-/m0/s1. The van der Waals surface area contributed by atoms with Crippen molar-refractivity contribution in [1.29, 1.82) is 0 Å². The molecule has 0 amide bonds. The number of allylic oxidation sites excluding steroid dienone is 2. The van der Waals surface area contributed by atoms with Crippen molar-refractivity contribution in [1.82, 2.24) is 0 Å². The van der Waals surface area contributed by atoms with Gasteiger partial charge >= 0.3 is 0 Å². The van der Waals surface area contributed by atoms with Crippen LogP contribution in [0.15, 0.2) is 67.3 Å². The molecule has 0 radical (unpaired) electrons. The molecular weight excluding hydrogens is 232 g/mol. The van der Waals surface area contributed by atoms with Crippen LogP contribution < -0.4 is 0 Å². The average molecular weight is 248 g/mol. The first-order chi connectivity index (χ1) is 9.36. The lowest BCUT2D eigenvalue weighted by Crippen LogP contribution is -1.94. The fraction of sp³-hybridized carbons (Fsp3) is 0.111. The minimum absolute atomic E-state index is 0.202. The molecule has 1 nitrogen and oxygen atoms in total. The zero-order chi connectivity index (χ0) is 13.2. The van der Waals surface area contributed by atoms with Gasteiger partial charge in [-0.3, -0.25) is 0 Å². The molecule has 19 heavy (non-hydrogen) atoms.